The lowest BCUT2D eigenvalue weighted by Crippen LogP contribution is -2.58. The van der Waals surface area contributed by atoms with Gasteiger partial charge in [0.25, 0.3) is 0 Å². The van der Waals surface area contributed by atoms with Crippen LogP contribution in [0.5, 0.6) is 0 Å². The second-order valence-corrected chi connectivity index (χ2v) is 7.84. The Kier molecular flexibility index (Phi) is 6.33. The highest BCUT2D eigenvalue weighted by Crippen LogP contribution is 2.33. The maximum absolute atomic E-state index is 12.5. The van der Waals surface area contributed by atoms with E-state index in [0.717, 1.165) is 39.9 Å². The summed E-state index contributed by atoms with van der Waals surface area (Å²) < 4.78 is 0. The monoisotopic (exact) mass is 418 g/mol. The van der Waals surface area contributed by atoms with Gasteiger partial charge in [-0.2, -0.15) is 0 Å². The van der Waals surface area contributed by atoms with Crippen LogP contribution in [0.3, 0.4) is 0 Å². The molecule has 2 amide bonds. The number of primary amides is 1. The lowest BCUT2D eigenvalue weighted by Gasteiger charge is -2.34. The van der Waals surface area contributed by atoms with Crippen molar-refractivity contribution in [2.24, 2.45) is 5.73 Å². The SMILES string of the molecule is CCc1c(-c2csc(N3CCNCC3C(=O)NCC(N)=O)n2)[nH]c(C)c1C(C)=O. The number of H-pyrrole nitrogens is 1. The van der Waals surface area contributed by atoms with Crippen molar-refractivity contribution in [3.63, 3.8) is 0 Å². The molecule has 1 fully saturated rings. The maximum atomic E-state index is 12.5. The first kappa shape index (κ1) is 21.0. The summed E-state index contributed by atoms with van der Waals surface area (Å²) in [6.07, 6.45) is 0.716. The van der Waals surface area contributed by atoms with Gasteiger partial charge in [-0.25, -0.2) is 4.98 Å². The van der Waals surface area contributed by atoms with Gasteiger partial charge in [0.05, 0.1) is 12.2 Å². The third-order valence-electron chi connectivity index (χ3n) is 4.97. The zero-order valence-electron chi connectivity index (χ0n) is 16.8. The van der Waals surface area contributed by atoms with E-state index >= 15 is 0 Å². The summed E-state index contributed by atoms with van der Waals surface area (Å²) in [5, 5.41) is 8.42. The summed E-state index contributed by atoms with van der Waals surface area (Å²) in [6, 6.07) is -0.481. The summed E-state index contributed by atoms with van der Waals surface area (Å²) >= 11 is 1.45. The number of hydrogen-bond acceptors (Lipinski definition) is 7. The number of carbonyl (C=O) groups excluding carboxylic acids is 3. The molecule has 0 saturated carbocycles. The molecule has 3 heterocycles. The van der Waals surface area contributed by atoms with Crippen molar-refractivity contribution in [2.45, 2.75) is 33.2 Å². The number of rotatable bonds is 7. The average Bonchev–Trinajstić information content (AvgIpc) is 3.30. The Balaban J connectivity index is 1.88. The minimum Gasteiger partial charge on any atom is -0.368 e. The normalized spacial score (nSPS) is 16.7. The van der Waals surface area contributed by atoms with E-state index in [4.69, 9.17) is 10.7 Å². The lowest BCUT2D eigenvalue weighted by atomic mass is 10.0. The molecule has 1 aliphatic rings. The highest BCUT2D eigenvalue weighted by molar-refractivity contribution is 7.14. The maximum Gasteiger partial charge on any atom is 0.244 e. The van der Waals surface area contributed by atoms with Gasteiger partial charge >= 0.3 is 0 Å². The fraction of sp³-hybridized carbons (Fsp3) is 0.474. The molecule has 0 radical (unpaired) electrons. The molecule has 2 aromatic heterocycles. The van der Waals surface area contributed by atoms with Crippen molar-refractivity contribution in [1.29, 1.82) is 0 Å². The Labute approximate surface area is 173 Å². The molecule has 1 saturated heterocycles. The third-order valence-corrected chi connectivity index (χ3v) is 5.85. The third kappa shape index (κ3) is 4.33. The topological polar surface area (TPSA) is 133 Å². The second-order valence-electron chi connectivity index (χ2n) is 7.00. The van der Waals surface area contributed by atoms with Gasteiger partial charge in [0.2, 0.25) is 11.8 Å². The number of thiazole rings is 1. The molecule has 1 unspecified atom stereocenters. The lowest BCUT2D eigenvalue weighted by molar-refractivity contribution is -0.125. The summed E-state index contributed by atoms with van der Waals surface area (Å²) in [7, 11) is 0. The fourth-order valence-corrected chi connectivity index (χ4v) is 4.59. The molecule has 9 nitrogen and oxygen atoms in total. The van der Waals surface area contributed by atoms with E-state index in [1.807, 2.05) is 24.1 Å². The first-order valence-electron chi connectivity index (χ1n) is 9.55. The Morgan fingerprint density at radius 2 is 2.17 bits per heavy atom. The average molecular weight is 419 g/mol. The van der Waals surface area contributed by atoms with E-state index in [1.165, 1.54) is 11.3 Å². The number of aromatic amines is 1. The summed E-state index contributed by atoms with van der Waals surface area (Å²) in [4.78, 5) is 45.5. The van der Waals surface area contributed by atoms with Gasteiger partial charge in [0.1, 0.15) is 11.7 Å². The van der Waals surface area contributed by atoms with Crippen molar-refractivity contribution in [1.82, 2.24) is 20.6 Å². The number of Topliss-reactive ketones (excluding diaryl/α,β-unsaturated/α-hetero) is 1. The smallest absolute Gasteiger partial charge is 0.244 e. The van der Waals surface area contributed by atoms with Crippen LogP contribution in [-0.4, -0.2) is 59.8 Å². The predicted octanol–water partition coefficient (Wildman–Crippen LogP) is 0.591. The first-order chi connectivity index (χ1) is 13.8. The number of ketones is 1. The molecule has 0 aliphatic carbocycles. The van der Waals surface area contributed by atoms with Gasteiger partial charge in [0.15, 0.2) is 10.9 Å². The van der Waals surface area contributed by atoms with E-state index in [2.05, 4.69) is 15.6 Å². The number of carbonyl (C=O) groups is 3. The van der Waals surface area contributed by atoms with Crippen LogP contribution in [0.25, 0.3) is 11.4 Å². The number of nitrogens with two attached hydrogens (primary N) is 1. The van der Waals surface area contributed by atoms with Crippen molar-refractivity contribution < 1.29 is 14.4 Å². The molecule has 156 valence electrons. The van der Waals surface area contributed by atoms with E-state index in [0.29, 0.717) is 19.5 Å². The number of amides is 2. The molecule has 10 heteroatoms. The highest BCUT2D eigenvalue weighted by atomic mass is 32.1. The van der Waals surface area contributed by atoms with Crippen LogP contribution in [0.1, 0.15) is 35.5 Å². The fourth-order valence-electron chi connectivity index (χ4n) is 3.70. The molecular weight excluding hydrogens is 392 g/mol. The highest BCUT2D eigenvalue weighted by Gasteiger charge is 2.31. The summed E-state index contributed by atoms with van der Waals surface area (Å²) in [5.41, 5.74) is 9.26. The largest absolute Gasteiger partial charge is 0.368 e. The summed E-state index contributed by atoms with van der Waals surface area (Å²) in [5.74, 6) is -0.817. The molecule has 0 bridgehead atoms. The van der Waals surface area contributed by atoms with Crippen LogP contribution in [0.2, 0.25) is 0 Å². The second kappa shape index (κ2) is 8.75. The number of anilines is 1. The van der Waals surface area contributed by atoms with Crippen molar-refractivity contribution in [3.05, 3.63) is 22.2 Å². The summed E-state index contributed by atoms with van der Waals surface area (Å²) in [6.45, 7) is 7.08. The molecule has 0 spiro atoms. The van der Waals surface area contributed by atoms with Crippen molar-refractivity contribution in [2.75, 3.05) is 31.1 Å². The number of hydrogen-bond donors (Lipinski definition) is 4. The number of aromatic nitrogens is 2. The Morgan fingerprint density at radius 1 is 1.41 bits per heavy atom. The minimum atomic E-state index is -0.583. The van der Waals surface area contributed by atoms with Gasteiger partial charge in [-0.3, -0.25) is 14.4 Å². The molecule has 5 N–H and O–H groups in total. The van der Waals surface area contributed by atoms with Gasteiger partial charge in [0, 0.05) is 36.3 Å². The Bertz CT molecular complexity index is 935. The quantitative estimate of drug-likeness (QED) is 0.487. The predicted molar refractivity (Wildman–Crippen MR) is 112 cm³/mol. The van der Waals surface area contributed by atoms with Gasteiger partial charge in [-0.15, -0.1) is 11.3 Å². The molecule has 3 rings (SSSR count). The van der Waals surface area contributed by atoms with E-state index < -0.39 is 11.9 Å². The van der Waals surface area contributed by atoms with Crippen LogP contribution in [0.4, 0.5) is 5.13 Å². The van der Waals surface area contributed by atoms with Gasteiger partial charge in [-0.1, -0.05) is 6.92 Å². The van der Waals surface area contributed by atoms with Crippen molar-refractivity contribution >= 4 is 34.1 Å². The van der Waals surface area contributed by atoms with E-state index in [1.54, 1.807) is 6.92 Å². The molecule has 29 heavy (non-hydrogen) atoms. The zero-order valence-corrected chi connectivity index (χ0v) is 17.6. The molecular formula is C19H26N6O3S. The number of nitrogens with zero attached hydrogens (tertiary/aromatic N) is 2. The van der Waals surface area contributed by atoms with Gasteiger partial charge < -0.3 is 26.3 Å². The van der Waals surface area contributed by atoms with Crippen LogP contribution in [0.15, 0.2) is 5.38 Å². The molecule has 2 aromatic rings. The van der Waals surface area contributed by atoms with Crippen LogP contribution in [0, 0.1) is 6.92 Å². The Morgan fingerprint density at radius 3 is 2.83 bits per heavy atom. The number of aryl methyl sites for hydroxylation is 1. The minimum absolute atomic E-state index is 0.0330. The van der Waals surface area contributed by atoms with Crippen LogP contribution in [-0.2, 0) is 16.0 Å². The van der Waals surface area contributed by atoms with Crippen molar-refractivity contribution in [3.8, 4) is 11.4 Å². The molecule has 1 aliphatic heterocycles. The van der Waals surface area contributed by atoms with E-state index in [-0.39, 0.29) is 18.2 Å². The number of nitrogens with one attached hydrogen (secondary N) is 3. The van der Waals surface area contributed by atoms with E-state index in [9.17, 15) is 14.4 Å². The van der Waals surface area contributed by atoms with Gasteiger partial charge in [-0.05, 0) is 25.8 Å². The first-order valence-corrected chi connectivity index (χ1v) is 10.4. The Hall–Kier alpha value is -2.72. The zero-order chi connectivity index (χ0) is 21.1. The molecule has 1 atom stereocenters. The van der Waals surface area contributed by atoms with Crippen LogP contribution >= 0.6 is 11.3 Å². The number of piperazine rings is 1. The molecule has 0 aromatic carbocycles. The standard InChI is InChI=1S/C19H26N6O3S/c1-4-12-16(11(3)26)10(2)23-17(12)13-9-29-19(24-13)25-6-5-21-7-14(25)18(28)22-8-15(20)27/h9,14,21,23H,4-8H2,1-3H3,(H2,20,27)(H,22,28). The van der Waals surface area contributed by atoms with Crippen LogP contribution < -0.4 is 21.3 Å².